The number of nitrogens with zero attached hydrogens (tertiary/aromatic N) is 2. The van der Waals surface area contributed by atoms with Crippen molar-refractivity contribution in [2.24, 2.45) is 5.92 Å². The SMILES string of the molecule is O=C1NC2(CCN(C(=O)C3CC(=O)N(c4ccccc4F)C3)CC2)Oc2ccccc21. The number of hydrogen-bond donors (Lipinski definition) is 1. The Bertz CT molecular complexity index is 1060. The van der Waals surface area contributed by atoms with Crippen molar-refractivity contribution in [2.45, 2.75) is 25.0 Å². The van der Waals surface area contributed by atoms with E-state index in [9.17, 15) is 18.8 Å². The van der Waals surface area contributed by atoms with E-state index in [4.69, 9.17) is 4.74 Å². The summed E-state index contributed by atoms with van der Waals surface area (Å²) in [5.74, 6) is -0.990. The summed E-state index contributed by atoms with van der Waals surface area (Å²) in [7, 11) is 0. The van der Waals surface area contributed by atoms with E-state index in [1.54, 1.807) is 41.3 Å². The summed E-state index contributed by atoms with van der Waals surface area (Å²) in [4.78, 5) is 41.0. The zero-order valence-corrected chi connectivity index (χ0v) is 16.8. The first-order chi connectivity index (χ1) is 15.0. The fourth-order valence-electron chi connectivity index (χ4n) is 4.60. The van der Waals surface area contributed by atoms with Gasteiger partial charge in [-0.05, 0) is 24.3 Å². The molecule has 3 aliphatic heterocycles. The first-order valence-electron chi connectivity index (χ1n) is 10.4. The summed E-state index contributed by atoms with van der Waals surface area (Å²) in [6.07, 6.45) is 0.975. The molecule has 7 nitrogen and oxygen atoms in total. The van der Waals surface area contributed by atoms with E-state index >= 15 is 0 Å². The third kappa shape index (κ3) is 3.41. The highest BCUT2D eigenvalue weighted by molar-refractivity contribution is 6.00. The van der Waals surface area contributed by atoms with Gasteiger partial charge in [-0.3, -0.25) is 14.4 Å². The number of anilines is 1. The van der Waals surface area contributed by atoms with Crippen molar-refractivity contribution in [3.63, 3.8) is 0 Å². The molecule has 0 aliphatic carbocycles. The third-order valence-corrected chi connectivity index (χ3v) is 6.28. The standard InChI is InChI=1S/C23H22FN3O4/c24-17-6-2-3-7-18(17)27-14-15(13-20(27)28)22(30)26-11-9-23(10-12-26)25-21(29)16-5-1-4-8-19(16)31-23/h1-8,15H,9-14H2,(H,25,29). The van der Waals surface area contributed by atoms with Crippen LogP contribution in [0.3, 0.4) is 0 Å². The molecule has 2 aromatic rings. The average molecular weight is 423 g/mol. The Morgan fingerprint density at radius 2 is 1.77 bits per heavy atom. The number of ether oxygens (including phenoxy) is 1. The minimum Gasteiger partial charge on any atom is -0.467 e. The quantitative estimate of drug-likeness (QED) is 0.804. The molecule has 0 saturated carbocycles. The number of likely N-dealkylation sites (tertiary alicyclic amines) is 1. The second kappa shape index (κ2) is 7.37. The third-order valence-electron chi connectivity index (χ3n) is 6.28. The number of benzene rings is 2. The van der Waals surface area contributed by atoms with Crippen LogP contribution in [-0.4, -0.2) is 48.0 Å². The van der Waals surface area contributed by atoms with Crippen LogP contribution in [-0.2, 0) is 9.59 Å². The molecule has 8 heteroatoms. The fraction of sp³-hybridized carbons (Fsp3) is 0.348. The molecule has 3 amide bonds. The number of hydrogen-bond acceptors (Lipinski definition) is 4. The van der Waals surface area contributed by atoms with E-state index in [-0.39, 0.29) is 36.4 Å². The van der Waals surface area contributed by atoms with E-state index in [0.29, 0.717) is 37.2 Å². The van der Waals surface area contributed by atoms with Crippen molar-refractivity contribution in [1.82, 2.24) is 10.2 Å². The molecule has 2 aromatic carbocycles. The maximum absolute atomic E-state index is 14.1. The first kappa shape index (κ1) is 19.5. The summed E-state index contributed by atoms with van der Waals surface area (Å²) in [5, 5.41) is 2.96. The molecule has 0 bridgehead atoms. The largest absolute Gasteiger partial charge is 0.467 e. The maximum Gasteiger partial charge on any atom is 0.258 e. The Labute approximate surface area is 178 Å². The number of halogens is 1. The number of piperidine rings is 1. The van der Waals surface area contributed by atoms with Gasteiger partial charge in [-0.25, -0.2) is 4.39 Å². The van der Waals surface area contributed by atoms with Crippen molar-refractivity contribution in [2.75, 3.05) is 24.5 Å². The lowest BCUT2D eigenvalue weighted by molar-refractivity contribution is -0.139. The van der Waals surface area contributed by atoms with Gasteiger partial charge in [0.05, 0.1) is 17.2 Å². The Morgan fingerprint density at radius 1 is 1.06 bits per heavy atom. The summed E-state index contributed by atoms with van der Waals surface area (Å²) in [6.45, 7) is 0.984. The van der Waals surface area contributed by atoms with Gasteiger partial charge in [0.1, 0.15) is 11.6 Å². The number of carbonyl (C=O) groups excluding carboxylic acids is 3. The number of nitrogens with one attached hydrogen (secondary N) is 1. The minimum absolute atomic E-state index is 0.0649. The molecule has 0 radical (unpaired) electrons. The van der Waals surface area contributed by atoms with Crippen molar-refractivity contribution >= 4 is 23.4 Å². The molecule has 1 N–H and O–H groups in total. The molecule has 1 unspecified atom stereocenters. The van der Waals surface area contributed by atoms with Gasteiger partial charge in [0.25, 0.3) is 5.91 Å². The van der Waals surface area contributed by atoms with Gasteiger partial charge >= 0.3 is 0 Å². The van der Waals surface area contributed by atoms with Crippen molar-refractivity contribution < 1.29 is 23.5 Å². The van der Waals surface area contributed by atoms with Crippen LogP contribution in [0.1, 0.15) is 29.6 Å². The lowest BCUT2D eigenvalue weighted by Gasteiger charge is -2.44. The van der Waals surface area contributed by atoms with E-state index < -0.39 is 17.5 Å². The number of rotatable bonds is 2. The molecular weight excluding hydrogens is 401 g/mol. The second-order valence-corrected chi connectivity index (χ2v) is 8.23. The molecule has 0 aromatic heterocycles. The van der Waals surface area contributed by atoms with Crippen LogP contribution < -0.4 is 15.0 Å². The number of para-hydroxylation sites is 2. The molecule has 31 heavy (non-hydrogen) atoms. The monoisotopic (exact) mass is 423 g/mol. The van der Waals surface area contributed by atoms with E-state index in [1.807, 2.05) is 6.07 Å². The second-order valence-electron chi connectivity index (χ2n) is 8.23. The summed E-state index contributed by atoms with van der Waals surface area (Å²) < 4.78 is 20.2. The zero-order valence-electron chi connectivity index (χ0n) is 16.8. The van der Waals surface area contributed by atoms with E-state index in [1.165, 1.54) is 11.0 Å². The van der Waals surface area contributed by atoms with Gasteiger partial charge in [0.15, 0.2) is 5.72 Å². The van der Waals surface area contributed by atoms with Crippen molar-refractivity contribution in [1.29, 1.82) is 0 Å². The Hall–Kier alpha value is -3.42. The molecule has 3 aliphatic rings. The van der Waals surface area contributed by atoms with Crippen molar-refractivity contribution in [3.05, 3.63) is 59.9 Å². The Kier molecular flexibility index (Phi) is 4.64. The zero-order chi connectivity index (χ0) is 21.6. The lowest BCUT2D eigenvalue weighted by Crippen LogP contribution is -2.62. The highest BCUT2D eigenvalue weighted by Crippen LogP contribution is 2.34. The summed E-state index contributed by atoms with van der Waals surface area (Å²) in [6, 6.07) is 13.2. The average Bonchev–Trinajstić information content (AvgIpc) is 3.15. The first-order valence-corrected chi connectivity index (χ1v) is 10.4. The van der Waals surface area contributed by atoms with Gasteiger partial charge in [0, 0.05) is 38.9 Å². The van der Waals surface area contributed by atoms with Gasteiger partial charge < -0.3 is 19.9 Å². The molecule has 1 spiro atoms. The predicted molar refractivity (Wildman–Crippen MR) is 110 cm³/mol. The molecule has 160 valence electrons. The smallest absolute Gasteiger partial charge is 0.258 e. The summed E-state index contributed by atoms with van der Waals surface area (Å²) in [5.41, 5.74) is -0.117. The minimum atomic E-state index is -0.826. The van der Waals surface area contributed by atoms with Crippen LogP contribution in [0.2, 0.25) is 0 Å². The molecule has 3 heterocycles. The van der Waals surface area contributed by atoms with Crippen LogP contribution in [0, 0.1) is 11.7 Å². The van der Waals surface area contributed by atoms with E-state index in [2.05, 4.69) is 5.32 Å². The summed E-state index contributed by atoms with van der Waals surface area (Å²) >= 11 is 0. The van der Waals surface area contributed by atoms with E-state index in [0.717, 1.165) is 0 Å². The fourth-order valence-corrected chi connectivity index (χ4v) is 4.60. The molecular formula is C23H22FN3O4. The van der Waals surface area contributed by atoms with Crippen LogP contribution in [0.4, 0.5) is 10.1 Å². The molecule has 2 saturated heterocycles. The van der Waals surface area contributed by atoms with Crippen LogP contribution >= 0.6 is 0 Å². The number of fused-ring (bicyclic) bond motifs is 1. The van der Waals surface area contributed by atoms with Gasteiger partial charge in [-0.15, -0.1) is 0 Å². The number of amides is 3. The van der Waals surface area contributed by atoms with Crippen LogP contribution in [0.25, 0.3) is 0 Å². The highest BCUT2D eigenvalue weighted by Gasteiger charge is 2.45. The van der Waals surface area contributed by atoms with Crippen LogP contribution in [0.5, 0.6) is 5.75 Å². The van der Waals surface area contributed by atoms with Gasteiger partial charge in [0.2, 0.25) is 11.8 Å². The highest BCUT2D eigenvalue weighted by atomic mass is 19.1. The van der Waals surface area contributed by atoms with Crippen molar-refractivity contribution in [3.8, 4) is 5.75 Å². The van der Waals surface area contributed by atoms with Gasteiger partial charge in [-0.1, -0.05) is 24.3 Å². The molecule has 5 rings (SSSR count). The number of carbonyl (C=O) groups is 3. The maximum atomic E-state index is 14.1. The van der Waals surface area contributed by atoms with Crippen LogP contribution in [0.15, 0.2) is 48.5 Å². The Morgan fingerprint density at radius 3 is 2.55 bits per heavy atom. The predicted octanol–water partition coefficient (Wildman–Crippen LogP) is 2.32. The molecule has 1 atom stereocenters. The Balaban J connectivity index is 1.25. The normalized spacial score (nSPS) is 22.2. The molecule has 2 fully saturated rings. The topological polar surface area (TPSA) is 79.0 Å². The lowest BCUT2D eigenvalue weighted by atomic mass is 9.95. The van der Waals surface area contributed by atoms with Gasteiger partial charge in [-0.2, -0.15) is 0 Å².